The largest absolute Gasteiger partial charge is 0.433 e. The molecule has 1 saturated heterocycles. The number of piperazine rings is 1. The van der Waals surface area contributed by atoms with Crippen molar-refractivity contribution in [1.29, 1.82) is 0 Å². The highest BCUT2D eigenvalue weighted by molar-refractivity contribution is 7.89. The summed E-state index contributed by atoms with van der Waals surface area (Å²) >= 11 is 0. The molecule has 0 saturated carbocycles. The van der Waals surface area contributed by atoms with Gasteiger partial charge in [0, 0.05) is 26.2 Å². The van der Waals surface area contributed by atoms with E-state index in [-0.39, 0.29) is 55.0 Å². The van der Waals surface area contributed by atoms with Crippen LogP contribution in [0.2, 0.25) is 0 Å². The van der Waals surface area contributed by atoms with Crippen molar-refractivity contribution in [2.75, 3.05) is 38.0 Å². The minimum Gasteiger partial charge on any atom is -0.433 e. The van der Waals surface area contributed by atoms with E-state index in [1.54, 1.807) is 35.2 Å². The van der Waals surface area contributed by atoms with Crippen molar-refractivity contribution in [1.82, 2.24) is 9.21 Å². The number of ether oxygens (including phenoxy) is 1. The van der Waals surface area contributed by atoms with E-state index >= 15 is 0 Å². The first-order valence-corrected chi connectivity index (χ1v) is 10.4. The Labute approximate surface area is 167 Å². The van der Waals surface area contributed by atoms with Crippen LogP contribution in [0.4, 0.5) is 14.5 Å². The second-order valence-electron chi connectivity index (χ2n) is 6.33. The molecule has 2 aromatic rings. The number of carbonyl (C=O) groups is 1. The van der Waals surface area contributed by atoms with Crippen LogP contribution in [0.3, 0.4) is 0 Å². The molecule has 0 unspecified atom stereocenters. The SMILES string of the molecule is O=C(CNc1ccccc1OC(F)F)N1CCN(S(=O)(=O)c2ccccc2)CC1. The van der Waals surface area contributed by atoms with Crippen LogP contribution in [0.25, 0.3) is 0 Å². The Morgan fingerprint density at radius 3 is 2.28 bits per heavy atom. The van der Waals surface area contributed by atoms with Gasteiger partial charge in [0.25, 0.3) is 0 Å². The number of carbonyl (C=O) groups excluding carboxylic acids is 1. The van der Waals surface area contributed by atoms with Crippen LogP contribution < -0.4 is 10.1 Å². The fourth-order valence-electron chi connectivity index (χ4n) is 3.01. The summed E-state index contributed by atoms with van der Waals surface area (Å²) in [6.07, 6.45) is 0. The zero-order valence-electron chi connectivity index (χ0n) is 15.5. The van der Waals surface area contributed by atoms with Crippen LogP contribution in [0.1, 0.15) is 0 Å². The molecule has 1 aliphatic rings. The van der Waals surface area contributed by atoms with Crippen molar-refractivity contribution >= 4 is 21.6 Å². The number of hydrogen-bond donors (Lipinski definition) is 1. The van der Waals surface area contributed by atoms with E-state index in [4.69, 9.17) is 0 Å². The number of halogens is 2. The Morgan fingerprint density at radius 1 is 1.00 bits per heavy atom. The molecule has 0 atom stereocenters. The molecule has 156 valence electrons. The zero-order valence-corrected chi connectivity index (χ0v) is 16.3. The zero-order chi connectivity index (χ0) is 20.9. The summed E-state index contributed by atoms with van der Waals surface area (Å²) in [6, 6.07) is 14.2. The third-order valence-corrected chi connectivity index (χ3v) is 6.42. The van der Waals surface area contributed by atoms with E-state index in [1.807, 2.05) is 0 Å². The van der Waals surface area contributed by atoms with Crippen LogP contribution >= 0.6 is 0 Å². The van der Waals surface area contributed by atoms with E-state index < -0.39 is 16.6 Å². The molecule has 2 aromatic carbocycles. The number of rotatable bonds is 7. The Bertz CT molecular complexity index is 933. The monoisotopic (exact) mass is 425 g/mol. The predicted octanol–water partition coefficient (Wildman–Crippen LogP) is 2.23. The van der Waals surface area contributed by atoms with Gasteiger partial charge in [0.1, 0.15) is 5.75 Å². The van der Waals surface area contributed by atoms with Gasteiger partial charge >= 0.3 is 6.61 Å². The Morgan fingerprint density at radius 2 is 1.62 bits per heavy atom. The second kappa shape index (κ2) is 9.19. The number of hydrogen-bond acceptors (Lipinski definition) is 5. The highest BCUT2D eigenvalue weighted by Gasteiger charge is 2.29. The van der Waals surface area contributed by atoms with Crippen LogP contribution in [0.15, 0.2) is 59.5 Å². The summed E-state index contributed by atoms with van der Waals surface area (Å²) in [4.78, 5) is 14.2. The Balaban J connectivity index is 1.55. The van der Waals surface area contributed by atoms with E-state index in [2.05, 4.69) is 10.1 Å². The lowest BCUT2D eigenvalue weighted by atomic mass is 10.3. The number of alkyl halides is 2. The molecule has 29 heavy (non-hydrogen) atoms. The normalized spacial score (nSPS) is 15.3. The third-order valence-electron chi connectivity index (χ3n) is 4.51. The summed E-state index contributed by atoms with van der Waals surface area (Å²) in [5.74, 6) is -0.303. The maximum atomic E-state index is 12.6. The quantitative estimate of drug-likeness (QED) is 0.736. The highest BCUT2D eigenvalue weighted by atomic mass is 32.2. The van der Waals surface area contributed by atoms with Gasteiger partial charge in [-0.25, -0.2) is 8.42 Å². The van der Waals surface area contributed by atoms with Crippen molar-refractivity contribution in [3.8, 4) is 5.75 Å². The average molecular weight is 425 g/mol. The van der Waals surface area contributed by atoms with Crippen LogP contribution in [0, 0.1) is 0 Å². The molecule has 10 heteroatoms. The lowest BCUT2D eigenvalue weighted by Gasteiger charge is -2.34. The lowest BCUT2D eigenvalue weighted by Crippen LogP contribution is -2.51. The van der Waals surface area contributed by atoms with Crippen molar-refractivity contribution in [3.05, 3.63) is 54.6 Å². The van der Waals surface area contributed by atoms with Gasteiger partial charge in [0.2, 0.25) is 15.9 Å². The molecule has 1 N–H and O–H groups in total. The molecule has 0 aromatic heterocycles. The lowest BCUT2D eigenvalue weighted by molar-refractivity contribution is -0.130. The Kier molecular flexibility index (Phi) is 6.65. The fraction of sp³-hybridized carbons (Fsp3) is 0.316. The first-order valence-electron chi connectivity index (χ1n) is 8.98. The van der Waals surface area contributed by atoms with E-state index in [0.29, 0.717) is 0 Å². The molecule has 3 rings (SSSR count). The van der Waals surface area contributed by atoms with Crippen molar-refractivity contribution in [3.63, 3.8) is 0 Å². The molecule has 1 amide bonds. The summed E-state index contributed by atoms with van der Waals surface area (Å²) in [7, 11) is -3.59. The smallest absolute Gasteiger partial charge is 0.387 e. The number of nitrogens with one attached hydrogen (secondary N) is 1. The highest BCUT2D eigenvalue weighted by Crippen LogP contribution is 2.25. The molecule has 1 fully saturated rings. The number of benzene rings is 2. The van der Waals surface area contributed by atoms with E-state index in [9.17, 15) is 22.0 Å². The molecular weight excluding hydrogens is 404 g/mol. The molecule has 1 aliphatic heterocycles. The van der Waals surface area contributed by atoms with Crippen LogP contribution in [-0.2, 0) is 14.8 Å². The number of sulfonamides is 1. The van der Waals surface area contributed by atoms with Gasteiger partial charge < -0.3 is 15.0 Å². The minimum atomic E-state index is -3.59. The summed E-state index contributed by atoms with van der Waals surface area (Å²) in [5.41, 5.74) is 0.284. The first-order chi connectivity index (χ1) is 13.9. The topological polar surface area (TPSA) is 79.0 Å². The van der Waals surface area contributed by atoms with E-state index in [0.717, 1.165) is 0 Å². The molecular formula is C19H21F2N3O4S. The number of nitrogens with zero attached hydrogens (tertiary/aromatic N) is 2. The summed E-state index contributed by atoms with van der Waals surface area (Å²) < 4.78 is 56.0. The fourth-order valence-corrected chi connectivity index (χ4v) is 4.46. The molecule has 0 spiro atoms. The van der Waals surface area contributed by atoms with Gasteiger partial charge in [-0.2, -0.15) is 13.1 Å². The van der Waals surface area contributed by atoms with Crippen molar-refractivity contribution in [2.24, 2.45) is 0 Å². The van der Waals surface area contributed by atoms with Crippen LogP contribution in [-0.4, -0.2) is 62.9 Å². The second-order valence-corrected chi connectivity index (χ2v) is 8.26. The average Bonchev–Trinajstić information content (AvgIpc) is 2.73. The first kappa shape index (κ1) is 21.0. The van der Waals surface area contributed by atoms with E-state index in [1.165, 1.54) is 28.6 Å². The van der Waals surface area contributed by atoms with Gasteiger partial charge in [0.15, 0.2) is 0 Å². The van der Waals surface area contributed by atoms with Crippen molar-refractivity contribution < 1.29 is 26.7 Å². The molecule has 0 bridgehead atoms. The minimum absolute atomic E-state index is 0.0472. The molecule has 7 nitrogen and oxygen atoms in total. The number of amides is 1. The van der Waals surface area contributed by atoms with Gasteiger partial charge in [-0.3, -0.25) is 4.79 Å². The maximum absolute atomic E-state index is 12.6. The van der Waals surface area contributed by atoms with Gasteiger partial charge in [-0.05, 0) is 24.3 Å². The third kappa shape index (κ3) is 5.21. The summed E-state index contributed by atoms with van der Waals surface area (Å²) in [5, 5.41) is 2.80. The predicted molar refractivity (Wildman–Crippen MR) is 103 cm³/mol. The standard InChI is InChI=1S/C19H21F2N3O4S/c20-19(21)28-17-9-5-4-8-16(17)22-14-18(25)23-10-12-24(13-11-23)29(26,27)15-6-2-1-3-7-15/h1-9,19,22H,10-14H2. The van der Waals surface area contributed by atoms with Gasteiger partial charge in [0.05, 0.1) is 17.1 Å². The number of para-hydroxylation sites is 2. The van der Waals surface area contributed by atoms with Crippen molar-refractivity contribution in [2.45, 2.75) is 11.5 Å². The molecule has 1 heterocycles. The maximum Gasteiger partial charge on any atom is 0.387 e. The molecule has 0 radical (unpaired) electrons. The number of anilines is 1. The van der Waals surface area contributed by atoms with Crippen LogP contribution in [0.5, 0.6) is 5.75 Å². The summed E-state index contributed by atoms with van der Waals surface area (Å²) in [6.45, 7) is -2.20. The molecule has 0 aliphatic carbocycles. The van der Waals surface area contributed by atoms with Gasteiger partial charge in [-0.15, -0.1) is 0 Å². The van der Waals surface area contributed by atoms with Gasteiger partial charge in [-0.1, -0.05) is 30.3 Å². The Hall–Kier alpha value is -2.72.